The molecule has 0 radical (unpaired) electrons. The molecule has 1 aliphatic heterocycles. The molecule has 0 fully saturated rings. The molecule has 27 heavy (non-hydrogen) atoms. The highest BCUT2D eigenvalue weighted by Crippen LogP contribution is 2.22. The molecule has 0 unspecified atom stereocenters. The summed E-state index contributed by atoms with van der Waals surface area (Å²) in [6.07, 6.45) is 0. The molecular formula is C17H13N3O6S. The maximum Gasteiger partial charge on any atom is 0.417 e. The number of hydrogen-bond acceptors (Lipinski definition) is 6. The number of oxazole rings is 1. The number of benzene rings is 2. The molecular weight excluding hydrogens is 374 g/mol. The van der Waals surface area contributed by atoms with E-state index in [2.05, 4.69) is 9.71 Å². The number of fused-ring (bicyclic) bond motifs is 2. The van der Waals surface area contributed by atoms with Gasteiger partial charge in [-0.25, -0.2) is 13.2 Å². The minimum atomic E-state index is -3.84. The van der Waals surface area contributed by atoms with Crippen molar-refractivity contribution in [3.05, 3.63) is 64.1 Å². The van der Waals surface area contributed by atoms with E-state index in [0.29, 0.717) is 11.1 Å². The molecule has 0 bridgehead atoms. The fourth-order valence-corrected chi connectivity index (χ4v) is 3.91. The summed E-state index contributed by atoms with van der Waals surface area (Å²) in [5.74, 6) is -2.12. The molecule has 2 amide bonds. The lowest BCUT2D eigenvalue weighted by Crippen LogP contribution is -2.35. The number of amides is 2. The third kappa shape index (κ3) is 3.10. The monoisotopic (exact) mass is 387 g/mol. The Hall–Kier alpha value is -3.40. The standard InChI is InChI=1S/C17H13N3O6S/c21-15-11-3-1-2-4-12(11)16(22)20(15)7-8-27(24,25)19-10-5-6-14-13(9-10)18-17(23)26-14/h1-6,9,19H,7-8H2,(H,18,23). The molecule has 3 aromatic rings. The highest BCUT2D eigenvalue weighted by Gasteiger charge is 2.35. The molecule has 1 aromatic heterocycles. The van der Waals surface area contributed by atoms with Crippen LogP contribution in [0.15, 0.2) is 51.7 Å². The van der Waals surface area contributed by atoms with Crippen LogP contribution < -0.4 is 10.5 Å². The lowest BCUT2D eigenvalue weighted by molar-refractivity contribution is 0.0664. The molecule has 0 aliphatic carbocycles. The number of nitrogens with zero attached hydrogens (tertiary/aromatic N) is 1. The van der Waals surface area contributed by atoms with Crippen LogP contribution in [0.2, 0.25) is 0 Å². The molecule has 2 N–H and O–H groups in total. The van der Waals surface area contributed by atoms with Gasteiger partial charge in [0.1, 0.15) is 0 Å². The lowest BCUT2D eigenvalue weighted by atomic mass is 10.1. The van der Waals surface area contributed by atoms with Crippen molar-refractivity contribution in [2.75, 3.05) is 17.0 Å². The van der Waals surface area contributed by atoms with E-state index in [9.17, 15) is 22.8 Å². The van der Waals surface area contributed by atoms with Gasteiger partial charge in [-0.1, -0.05) is 12.1 Å². The van der Waals surface area contributed by atoms with Crippen LogP contribution in [0.25, 0.3) is 11.1 Å². The number of H-pyrrole nitrogens is 1. The smallest absolute Gasteiger partial charge is 0.408 e. The third-order valence-corrected chi connectivity index (χ3v) is 5.42. The average Bonchev–Trinajstić information content (AvgIpc) is 3.10. The summed E-state index contributed by atoms with van der Waals surface area (Å²) < 4.78 is 31.9. The summed E-state index contributed by atoms with van der Waals surface area (Å²) in [5.41, 5.74) is 1.40. The largest absolute Gasteiger partial charge is 0.417 e. The van der Waals surface area contributed by atoms with Crippen LogP contribution in [0, 0.1) is 0 Å². The van der Waals surface area contributed by atoms with Crippen LogP contribution in [0.5, 0.6) is 0 Å². The van der Waals surface area contributed by atoms with Crippen molar-refractivity contribution < 1.29 is 22.4 Å². The van der Waals surface area contributed by atoms with Crippen LogP contribution in [0.4, 0.5) is 5.69 Å². The Morgan fingerprint density at radius 3 is 2.33 bits per heavy atom. The summed E-state index contributed by atoms with van der Waals surface area (Å²) in [5, 5.41) is 0. The minimum absolute atomic E-state index is 0.224. The van der Waals surface area contributed by atoms with Crippen molar-refractivity contribution in [2.45, 2.75) is 0 Å². The van der Waals surface area contributed by atoms with Gasteiger partial charge in [-0.3, -0.25) is 24.2 Å². The molecule has 1 aliphatic rings. The minimum Gasteiger partial charge on any atom is -0.408 e. The summed E-state index contributed by atoms with van der Waals surface area (Å²) in [7, 11) is -3.84. The second-order valence-corrected chi connectivity index (χ2v) is 7.80. The van der Waals surface area contributed by atoms with Gasteiger partial charge in [0, 0.05) is 6.54 Å². The van der Waals surface area contributed by atoms with Crippen molar-refractivity contribution in [3.63, 3.8) is 0 Å². The fourth-order valence-electron chi connectivity index (χ4n) is 2.90. The summed E-state index contributed by atoms with van der Waals surface area (Å²) >= 11 is 0. The van der Waals surface area contributed by atoms with Gasteiger partial charge in [0.15, 0.2) is 5.58 Å². The Bertz CT molecular complexity index is 1210. The number of carbonyl (C=O) groups is 2. The molecule has 2 aromatic carbocycles. The number of aromatic amines is 1. The van der Waals surface area contributed by atoms with Gasteiger partial charge in [-0.05, 0) is 30.3 Å². The number of rotatable bonds is 5. The van der Waals surface area contributed by atoms with Gasteiger partial charge in [-0.15, -0.1) is 0 Å². The van der Waals surface area contributed by atoms with Crippen LogP contribution in [-0.4, -0.2) is 42.4 Å². The number of aromatic nitrogens is 1. The van der Waals surface area contributed by atoms with Gasteiger partial charge in [-0.2, -0.15) is 0 Å². The topological polar surface area (TPSA) is 130 Å². The van der Waals surface area contributed by atoms with Gasteiger partial charge < -0.3 is 4.42 Å². The Morgan fingerprint density at radius 1 is 1.00 bits per heavy atom. The van der Waals surface area contributed by atoms with Crippen molar-refractivity contribution in [1.29, 1.82) is 0 Å². The molecule has 9 nitrogen and oxygen atoms in total. The van der Waals surface area contributed by atoms with Gasteiger partial charge in [0.05, 0.1) is 28.1 Å². The molecule has 0 saturated heterocycles. The molecule has 0 atom stereocenters. The summed E-state index contributed by atoms with van der Waals surface area (Å²) in [6, 6.07) is 10.7. The van der Waals surface area contributed by atoms with E-state index < -0.39 is 33.3 Å². The number of carbonyl (C=O) groups excluding carboxylic acids is 2. The first kappa shape index (κ1) is 17.0. The van der Waals surface area contributed by atoms with Crippen LogP contribution in [0.3, 0.4) is 0 Å². The van der Waals surface area contributed by atoms with E-state index in [-0.39, 0.29) is 23.4 Å². The summed E-state index contributed by atoms with van der Waals surface area (Å²) in [4.78, 5) is 39.1. The number of hydrogen-bond donors (Lipinski definition) is 2. The van der Waals surface area contributed by atoms with Crippen LogP contribution in [0.1, 0.15) is 20.7 Å². The van der Waals surface area contributed by atoms with Crippen molar-refractivity contribution in [2.24, 2.45) is 0 Å². The van der Waals surface area contributed by atoms with Crippen molar-refractivity contribution >= 4 is 38.6 Å². The highest BCUT2D eigenvalue weighted by atomic mass is 32.2. The molecule has 0 saturated carbocycles. The molecule has 2 heterocycles. The van der Waals surface area contributed by atoms with E-state index in [4.69, 9.17) is 4.42 Å². The Labute approximate surface area is 152 Å². The Balaban J connectivity index is 1.48. The third-order valence-electron chi connectivity index (χ3n) is 4.15. The zero-order valence-corrected chi connectivity index (χ0v) is 14.6. The number of nitrogens with one attached hydrogen (secondary N) is 2. The predicted octanol–water partition coefficient (Wildman–Crippen LogP) is 1.16. The maximum atomic E-state index is 12.3. The first-order chi connectivity index (χ1) is 12.8. The second kappa shape index (κ2) is 6.09. The second-order valence-electron chi connectivity index (χ2n) is 5.95. The number of sulfonamides is 1. The van der Waals surface area contributed by atoms with Gasteiger partial charge in [0.25, 0.3) is 11.8 Å². The van der Waals surface area contributed by atoms with Crippen LogP contribution in [-0.2, 0) is 10.0 Å². The van der Waals surface area contributed by atoms with E-state index in [1.807, 2.05) is 0 Å². The first-order valence-corrected chi connectivity index (χ1v) is 9.58. The molecule has 4 rings (SSSR count). The van der Waals surface area contributed by atoms with Gasteiger partial charge in [0.2, 0.25) is 10.0 Å². The zero-order valence-electron chi connectivity index (χ0n) is 13.8. The van der Waals surface area contributed by atoms with E-state index in [1.54, 1.807) is 12.1 Å². The van der Waals surface area contributed by atoms with Gasteiger partial charge >= 0.3 is 5.76 Å². The maximum absolute atomic E-state index is 12.3. The molecule has 10 heteroatoms. The molecule has 138 valence electrons. The Kier molecular flexibility index (Phi) is 3.84. The van der Waals surface area contributed by atoms with Crippen molar-refractivity contribution in [3.8, 4) is 0 Å². The SMILES string of the molecule is O=C1c2ccccc2C(=O)N1CCS(=O)(=O)Nc1ccc2oc(=O)[nH]c2c1. The normalized spacial score (nSPS) is 14.0. The first-order valence-electron chi connectivity index (χ1n) is 7.93. The average molecular weight is 387 g/mol. The molecule has 0 spiro atoms. The zero-order chi connectivity index (χ0) is 19.2. The Morgan fingerprint density at radius 2 is 1.67 bits per heavy atom. The van der Waals surface area contributed by atoms with Crippen LogP contribution >= 0.6 is 0 Å². The predicted molar refractivity (Wildman–Crippen MR) is 96.1 cm³/mol. The number of anilines is 1. The quantitative estimate of drug-likeness (QED) is 0.632. The lowest BCUT2D eigenvalue weighted by Gasteiger charge is -2.14. The summed E-state index contributed by atoms with van der Waals surface area (Å²) in [6.45, 7) is -0.271. The van der Waals surface area contributed by atoms with Crippen molar-refractivity contribution in [1.82, 2.24) is 9.88 Å². The van der Waals surface area contributed by atoms with E-state index in [1.165, 1.54) is 30.3 Å². The van der Waals surface area contributed by atoms with E-state index in [0.717, 1.165) is 4.90 Å². The fraction of sp³-hybridized carbons (Fsp3) is 0.118. The van der Waals surface area contributed by atoms with E-state index >= 15 is 0 Å². The highest BCUT2D eigenvalue weighted by molar-refractivity contribution is 7.92. The number of imide groups is 1.